The number of nitrogens with zero attached hydrogens (tertiary/aromatic N) is 3. The summed E-state index contributed by atoms with van der Waals surface area (Å²) in [6.07, 6.45) is 0. The maximum Gasteiger partial charge on any atom is 0.275 e. The summed E-state index contributed by atoms with van der Waals surface area (Å²) < 4.78 is 3.71. The largest absolute Gasteiger partial charge is 0.399 e. The Bertz CT molecular complexity index is 527. The van der Waals surface area contributed by atoms with E-state index >= 15 is 0 Å². The van der Waals surface area contributed by atoms with E-state index in [-0.39, 0.29) is 5.91 Å². The van der Waals surface area contributed by atoms with E-state index in [9.17, 15) is 4.79 Å². The van der Waals surface area contributed by atoms with Gasteiger partial charge in [0.15, 0.2) is 5.69 Å². The molecule has 0 fully saturated rings. The summed E-state index contributed by atoms with van der Waals surface area (Å²) in [6, 6.07) is 7.53. The fourth-order valence-corrected chi connectivity index (χ4v) is 2.09. The van der Waals surface area contributed by atoms with Gasteiger partial charge in [0.2, 0.25) is 0 Å². The predicted molar refractivity (Wildman–Crippen MR) is 71.2 cm³/mol. The summed E-state index contributed by atoms with van der Waals surface area (Å²) >= 11 is 1.18. The molecular formula is C12H14N4OS. The van der Waals surface area contributed by atoms with E-state index in [0.29, 0.717) is 24.5 Å². The summed E-state index contributed by atoms with van der Waals surface area (Å²) in [6.45, 7) is 3.08. The van der Waals surface area contributed by atoms with Crippen molar-refractivity contribution in [1.82, 2.24) is 14.5 Å². The van der Waals surface area contributed by atoms with Crippen LogP contribution in [0, 0.1) is 0 Å². The standard InChI is InChI=1S/C12H14N4OS/c1-2-16(12(17)11-8-18-15-14-11)7-9-4-3-5-10(13)6-9/h3-6,8H,2,7,13H2,1H3. The van der Waals surface area contributed by atoms with Gasteiger partial charge < -0.3 is 10.6 Å². The van der Waals surface area contributed by atoms with Gasteiger partial charge in [0.05, 0.1) is 0 Å². The van der Waals surface area contributed by atoms with Gasteiger partial charge in [0.1, 0.15) is 0 Å². The summed E-state index contributed by atoms with van der Waals surface area (Å²) in [5.74, 6) is -0.103. The van der Waals surface area contributed by atoms with E-state index < -0.39 is 0 Å². The van der Waals surface area contributed by atoms with E-state index in [1.807, 2.05) is 31.2 Å². The zero-order valence-electron chi connectivity index (χ0n) is 10.0. The maximum absolute atomic E-state index is 12.1. The Hall–Kier alpha value is -1.95. The highest BCUT2D eigenvalue weighted by atomic mass is 32.1. The molecule has 0 bridgehead atoms. The lowest BCUT2D eigenvalue weighted by molar-refractivity contribution is 0.0746. The van der Waals surface area contributed by atoms with E-state index in [1.54, 1.807) is 10.3 Å². The smallest absolute Gasteiger partial charge is 0.275 e. The van der Waals surface area contributed by atoms with Crippen LogP contribution in [0.3, 0.4) is 0 Å². The zero-order valence-corrected chi connectivity index (χ0v) is 10.9. The van der Waals surface area contributed by atoms with Crippen LogP contribution in [0.25, 0.3) is 0 Å². The second-order valence-electron chi connectivity index (χ2n) is 3.85. The Kier molecular flexibility index (Phi) is 3.88. The minimum absolute atomic E-state index is 0.103. The van der Waals surface area contributed by atoms with Gasteiger partial charge in [-0.1, -0.05) is 16.6 Å². The Balaban J connectivity index is 2.12. The topological polar surface area (TPSA) is 72.1 Å². The van der Waals surface area contributed by atoms with Crippen LogP contribution in [0.5, 0.6) is 0 Å². The van der Waals surface area contributed by atoms with Crippen molar-refractivity contribution in [2.45, 2.75) is 13.5 Å². The van der Waals surface area contributed by atoms with E-state index in [4.69, 9.17) is 5.73 Å². The Morgan fingerprint density at radius 1 is 1.50 bits per heavy atom. The molecule has 1 aromatic heterocycles. The van der Waals surface area contributed by atoms with Crippen LogP contribution in [0.4, 0.5) is 5.69 Å². The predicted octanol–water partition coefficient (Wildman–Crippen LogP) is 1.78. The molecule has 1 heterocycles. The summed E-state index contributed by atoms with van der Waals surface area (Å²) in [5.41, 5.74) is 7.82. The van der Waals surface area contributed by atoms with Crippen molar-refractivity contribution in [2.24, 2.45) is 0 Å². The molecule has 0 aliphatic carbocycles. The number of nitrogen functional groups attached to an aromatic ring is 1. The van der Waals surface area contributed by atoms with Gasteiger partial charge in [-0.2, -0.15) is 0 Å². The number of carbonyl (C=O) groups excluding carboxylic acids is 1. The molecule has 0 aliphatic rings. The molecule has 0 aliphatic heterocycles. The van der Waals surface area contributed by atoms with E-state index in [0.717, 1.165) is 5.56 Å². The molecule has 0 saturated heterocycles. The molecule has 0 saturated carbocycles. The number of hydrogen-bond acceptors (Lipinski definition) is 5. The lowest BCUT2D eigenvalue weighted by Gasteiger charge is -2.19. The Morgan fingerprint density at radius 3 is 2.94 bits per heavy atom. The van der Waals surface area contributed by atoms with Crippen LogP contribution < -0.4 is 5.73 Å². The molecule has 94 valence electrons. The van der Waals surface area contributed by atoms with E-state index in [1.165, 1.54) is 11.5 Å². The average Bonchev–Trinajstić information content (AvgIpc) is 2.89. The molecule has 5 nitrogen and oxygen atoms in total. The third-order valence-electron chi connectivity index (χ3n) is 2.57. The van der Waals surface area contributed by atoms with Crippen molar-refractivity contribution in [3.63, 3.8) is 0 Å². The highest BCUT2D eigenvalue weighted by Crippen LogP contribution is 2.12. The number of nitrogens with two attached hydrogens (primary N) is 1. The van der Waals surface area contributed by atoms with E-state index in [2.05, 4.69) is 9.59 Å². The normalized spacial score (nSPS) is 10.3. The summed E-state index contributed by atoms with van der Waals surface area (Å²) in [4.78, 5) is 13.8. The second-order valence-corrected chi connectivity index (χ2v) is 4.46. The van der Waals surface area contributed by atoms with Crippen molar-refractivity contribution in [2.75, 3.05) is 12.3 Å². The average molecular weight is 262 g/mol. The van der Waals surface area contributed by atoms with Crippen molar-refractivity contribution in [1.29, 1.82) is 0 Å². The number of benzene rings is 1. The number of carbonyl (C=O) groups is 1. The van der Waals surface area contributed by atoms with Gasteiger partial charge in [0.25, 0.3) is 5.91 Å². The van der Waals surface area contributed by atoms with Crippen molar-refractivity contribution < 1.29 is 4.79 Å². The molecule has 2 aromatic rings. The Labute approximate surface area is 109 Å². The molecule has 0 radical (unpaired) electrons. The molecule has 0 spiro atoms. The highest BCUT2D eigenvalue weighted by molar-refractivity contribution is 7.03. The first-order valence-electron chi connectivity index (χ1n) is 5.61. The third kappa shape index (κ3) is 2.84. The minimum atomic E-state index is -0.103. The zero-order chi connectivity index (χ0) is 13.0. The number of hydrogen-bond donors (Lipinski definition) is 1. The SMILES string of the molecule is CCN(Cc1cccc(N)c1)C(=O)c1csnn1. The maximum atomic E-state index is 12.1. The van der Waals surface area contributed by atoms with Crippen LogP contribution in [-0.4, -0.2) is 26.9 Å². The van der Waals surface area contributed by atoms with Gasteiger partial charge in [0, 0.05) is 24.2 Å². The molecule has 1 aromatic carbocycles. The highest BCUT2D eigenvalue weighted by Gasteiger charge is 2.16. The van der Waals surface area contributed by atoms with Crippen molar-refractivity contribution in [3.8, 4) is 0 Å². The number of aromatic nitrogens is 2. The quantitative estimate of drug-likeness (QED) is 0.852. The fourth-order valence-electron chi connectivity index (χ4n) is 1.66. The first-order valence-corrected chi connectivity index (χ1v) is 6.45. The molecule has 2 N–H and O–H groups in total. The van der Waals surface area contributed by atoms with Gasteiger partial charge in [-0.05, 0) is 36.2 Å². The van der Waals surface area contributed by atoms with Gasteiger partial charge in [-0.3, -0.25) is 4.79 Å². The molecule has 1 amide bonds. The number of amides is 1. The first-order chi connectivity index (χ1) is 8.70. The molecule has 18 heavy (non-hydrogen) atoms. The summed E-state index contributed by atoms with van der Waals surface area (Å²) in [5, 5.41) is 5.45. The van der Waals surface area contributed by atoms with Crippen LogP contribution >= 0.6 is 11.5 Å². The third-order valence-corrected chi connectivity index (χ3v) is 3.08. The summed E-state index contributed by atoms with van der Waals surface area (Å²) in [7, 11) is 0. The molecular weight excluding hydrogens is 248 g/mol. The molecule has 6 heteroatoms. The van der Waals surface area contributed by atoms with Gasteiger partial charge >= 0.3 is 0 Å². The number of rotatable bonds is 4. The monoisotopic (exact) mass is 262 g/mol. The molecule has 0 unspecified atom stereocenters. The first kappa shape index (κ1) is 12.5. The van der Waals surface area contributed by atoms with Crippen LogP contribution in [0.15, 0.2) is 29.6 Å². The lowest BCUT2D eigenvalue weighted by Crippen LogP contribution is -2.30. The van der Waals surface area contributed by atoms with Crippen LogP contribution in [0.1, 0.15) is 23.0 Å². The fraction of sp³-hybridized carbons (Fsp3) is 0.250. The van der Waals surface area contributed by atoms with Crippen LogP contribution in [0.2, 0.25) is 0 Å². The number of anilines is 1. The van der Waals surface area contributed by atoms with Gasteiger partial charge in [-0.15, -0.1) is 5.10 Å². The second kappa shape index (κ2) is 5.59. The Morgan fingerprint density at radius 2 is 2.33 bits per heavy atom. The lowest BCUT2D eigenvalue weighted by atomic mass is 10.2. The van der Waals surface area contributed by atoms with Gasteiger partial charge in [-0.25, -0.2) is 0 Å². The molecule has 2 rings (SSSR count). The van der Waals surface area contributed by atoms with Crippen molar-refractivity contribution in [3.05, 3.63) is 40.9 Å². The van der Waals surface area contributed by atoms with Crippen molar-refractivity contribution >= 4 is 23.1 Å². The van der Waals surface area contributed by atoms with Crippen LogP contribution in [-0.2, 0) is 6.54 Å². The minimum Gasteiger partial charge on any atom is -0.399 e. The molecule has 0 atom stereocenters.